The molecule has 0 bridgehead atoms. The minimum Gasteiger partial charge on any atom is -0.493 e. The summed E-state index contributed by atoms with van der Waals surface area (Å²) < 4.78 is 5.85. The number of fused-ring (bicyclic) bond motifs is 1. The molecule has 1 aliphatic carbocycles. The highest BCUT2D eigenvalue weighted by Gasteiger charge is 2.37. The van der Waals surface area contributed by atoms with Crippen LogP contribution in [0.5, 0.6) is 5.75 Å². The smallest absolute Gasteiger partial charge is 0.126 e. The molecule has 0 unspecified atom stereocenters. The molecule has 1 saturated carbocycles. The summed E-state index contributed by atoms with van der Waals surface area (Å²) >= 11 is 6.27. The number of hydrogen-bond donors (Lipinski definition) is 1. The Balaban J connectivity index is 2.09. The van der Waals surface area contributed by atoms with Gasteiger partial charge in [0.15, 0.2) is 0 Å². The maximum Gasteiger partial charge on any atom is 0.126 e. The molecule has 98 valence electrons. The zero-order chi connectivity index (χ0) is 12.6. The Hall–Kier alpha value is -0.730. The zero-order valence-corrected chi connectivity index (χ0v) is 11.4. The molecule has 2 aliphatic rings. The van der Waals surface area contributed by atoms with Crippen molar-refractivity contribution in [2.24, 2.45) is 5.73 Å². The van der Waals surface area contributed by atoms with E-state index in [-0.39, 0.29) is 5.41 Å². The molecule has 1 aromatic rings. The second-order valence-corrected chi connectivity index (χ2v) is 6.02. The molecular weight excluding hydrogens is 246 g/mol. The van der Waals surface area contributed by atoms with E-state index in [9.17, 15) is 0 Å². The van der Waals surface area contributed by atoms with Crippen LogP contribution in [0.4, 0.5) is 0 Å². The number of rotatable bonds is 2. The average Bonchev–Trinajstić information content (AvgIpc) is 2.86. The first-order chi connectivity index (χ1) is 8.75. The van der Waals surface area contributed by atoms with E-state index >= 15 is 0 Å². The maximum absolute atomic E-state index is 6.27. The van der Waals surface area contributed by atoms with Crippen LogP contribution in [-0.2, 0) is 11.8 Å². The molecule has 18 heavy (non-hydrogen) atoms. The van der Waals surface area contributed by atoms with E-state index < -0.39 is 0 Å². The minimum atomic E-state index is 0.0948. The summed E-state index contributed by atoms with van der Waals surface area (Å²) in [5.74, 6) is 1.08. The van der Waals surface area contributed by atoms with Gasteiger partial charge in [0.05, 0.1) is 6.61 Å². The quantitative estimate of drug-likeness (QED) is 0.889. The van der Waals surface area contributed by atoms with E-state index in [0.29, 0.717) is 6.54 Å². The van der Waals surface area contributed by atoms with Crippen LogP contribution >= 0.6 is 11.6 Å². The molecule has 3 rings (SSSR count). The van der Waals surface area contributed by atoms with Crippen molar-refractivity contribution in [3.63, 3.8) is 0 Å². The van der Waals surface area contributed by atoms with Gasteiger partial charge < -0.3 is 10.5 Å². The maximum atomic E-state index is 6.27. The normalized spacial score (nSPS) is 21.4. The molecule has 1 fully saturated rings. The first kappa shape index (κ1) is 12.3. The number of nitrogens with two attached hydrogens (primary N) is 1. The Morgan fingerprint density at radius 1 is 1.22 bits per heavy atom. The van der Waals surface area contributed by atoms with E-state index in [4.69, 9.17) is 22.1 Å². The molecule has 1 aliphatic heterocycles. The summed E-state index contributed by atoms with van der Waals surface area (Å²) in [6.07, 6.45) is 7.16. The van der Waals surface area contributed by atoms with Gasteiger partial charge in [-0.15, -0.1) is 0 Å². The predicted molar refractivity (Wildman–Crippen MR) is 74.5 cm³/mol. The van der Waals surface area contributed by atoms with Crippen LogP contribution in [0.25, 0.3) is 0 Å². The van der Waals surface area contributed by atoms with Crippen molar-refractivity contribution in [1.29, 1.82) is 0 Å². The molecular formula is C15H20ClNO. The van der Waals surface area contributed by atoms with Crippen LogP contribution in [-0.4, -0.2) is 13.2 Å². The second-order valence-electron chi connectivity index (χ2n) is 5.59. The molecule has 0 spiro atoms. The highest BCUT2D eigenvalue weighted by molar-refractivity contribution is 6.30. The van der Waals surface area contributed by atoms with Crippen LogP contribution in [0.15, 0.2) is 12.1 Å². The molecule has 1 aromatic carbocycles. The Kier molecular flexibility index (Phi) is 3.25. The molecule has 2 N–H and O–H groups in total. The van der Waals surface area contributed by atoms with Gasteiger partial charge in [-0.25, -0.2) is 0 Å². The zero-order valence-electron chi connectivity index (χ0n) is 10.7. The van der Waals surface area contributed by atoms with E-state index in [1.54, 1.807) is 0 Å². The van der Waals surface area contributed by atoms with Gasteiger partial charge in [-0.05, 0) is 30.5 Å². The summed E-state index contributed by atoms with van der Waals surface area (Å²) in [5.41, 5.74) is 8.74. The Morgan fingerprint density at radius 2 is 2.00 bits per heavy atom. The lowest BCUT2D eigenvalue weighted by Gasteiger charge is -2.37. The average molecular weight is 266 g/mol. The van der Waals surface area contributed by atoms with Crippen LogP contribution in [0.3, 0.4) is 0 Å². The molecule has 0 aromatic heterocycles. The molecule has 3 heteroatoms. The molecule has 0 amide bonds. The number of benzene rings is 1. The van der Waals surface area contributed by atoms with Gasteiger partial charge in [0.2, 0.25) is 0 Å². The minimum absolute atomic E-state index is 0.0948. The van der Waals surface area contributed by atoms with Crippen molar-refractivity contribution in [3.8, 4) is 5.75 Å². The van der Waals surface area contributed by atoms with Crippen LogP contribution < -0.4 is 10.5 Å². The van der Waals surface area contributed by atoms with Crippen LogP contribution in [0.2, 0.25) is 5.02 Å². The number of ether oxygens (including phenoxy) is 1. The van der Waals surface area contributed by atoms with Gasteiger partial charge in [-0.3, -0.25) is 0 Å². The van der Waals surface area contributed by atoms with Crippen molar-refractivity contribution in [1.82, 2.24) is 0 Å². The standard InChI is InChI=1S/C15H20ClNO/c16-12-8-11-4-7-18-14(11)13(9-12)15(10-17)5-2-1-3-6-15/h8-9H,1-7,10,17H2. The Morgan fingerprint density at radius 3 is 2.72 bits per heavy atom. The summed E-state index contributed by atoms with van der Waals surface area (Å²) in [7, 11) is 0. The van der Waals surface area contributed by atoms with Crippen molar-refractivity contribution in [2.75, 3.05) is 13.2 Å². The fourth-order valence-corrected chi connectivity index (χ4v) is 3.72. The van der Waals surface area contributed by atoms with Crippen molar-refractivity contribution < 1.29 is 4.74 Å². The number of hydrogen-bond acceptors (Lipinski definition) is 2. The Bertz CT molecular complexity index is 452. The summed E-state index contributed by atoms with van der Waals surface area (Å²) in [6.45, 7) is 1.48. The van der Waals surface area contributed by atoms with Gasteiger partial charge in [0, 0.05) is 29.0 Å². The topological polar surface area (TPSA) is 35.2 Å². The van der Waals surface area contributed by atoms with E-state index in [1.807, 2.05) is 6.07 Å². The summed E-state index contributed by atoms with van der Waals surface area (Å²) in [4.78, 5) is 0. The fraction of sp³-hybridized carbons (Fsp3) is 0.600. The lowest BCUT2D eigenvalue weighted by Crippen LogP contribution is -2.37. The number of halogens is 1. The third-order valence-corrected chi connectivity index (χ3v) is 4.74. The molecule has 2 nitrogen and oxygen atoms in total. The third kappa shape index (κ3) is 1.92. The monoisotopic (exact) mass is 265 g/mol. The van der Waals surface area contributed by atoms with E-state index in [1.165, 1.54) is 43.2 Å². The van der Waals surface area contributed by atoms with Gasteiger partial charge in [0.25, 0.3) is 0 Å². The van der Waals surface area contributed by atoms with Crippen molar-refractivity contribution in [3.05, 3.63) is 28.3 Å². The lowest BCUT2D eigenvalue weighted by molar-refractivity contribution is 0.282. The van der Waals surface area contributed by atoms with Crippen LogP contribution in [0, 0.1) is 0 Å². The first-order valence-corrected chi connectivity index (χ1v) is 7.29. The van der Waals surface area contributed by atoms with Gasteiger partial charge in [-0.1, -0.05) is 30.9 Å². The molecule has 0 saturated heterocycles. The highest BCUT2D eigenvalue weighted by Crippen LogP contribution is 2.46. The largest absolute Gasteiger partial charge is 0.493 e. The predicted octanol–water partition coefficient (Wildman–Crippen LogP) is 3.44. The summed E-state index contributed by atoms with van der Waals surface area (Å²) in [5, 5.41) is 0.827. The third-order valence-electron chi connectivity index (χ3n) is 4.52. The highest BCUT2D eigenvalue weighted by atomic mass is 35.5. The SMILES string of the molecule is NCC1(c2cc(Cl)cc3c2OCC3)CCCCC1. The van der Waals surface area contributed by atoms with Crippen LogP contribution in [0.1, 0.15) is 43.2 Å². The lowest BCUT2D eigenvalue weighted by atomic mass is 9.69. The van der Waals surface area contributed by atoms with Crippen molar-refractivity contribution in [2.45, 2.75) is 43.9 Å². The van der Waals surface area contributed by atoms with E-state index in [2.05, 4.69) is 6.07 Å². The van der Waals surface area contributed by atoms with Gasteiger partial charge in [-0.2, -0.15) is 0 Å². The van der Waals surface area contributed by atoms with Crippen molar-refractivity contribution >= 4 is 11.6 Å². The molecule has 0 radical (unpaired) electrons. The van der Waals surface area contributed by atoms with E-state index in [0.717, 1.165) is 23.8 Å². The summed E-state index contributed by atoms with van der Waals surface area (Å²) in [6, 6.07) is 4.13. The fourth-order valence-electron chi connectivity index (χ4n) is 3.48. The first-order valence-electron chi connectivity index (χ1n) is 6.91. The molecule has 1 heterocycles. The molecule has 0 atom stereocenters. The second kappa shape index (κ2) is 4.75. The van der Waals surface area contributed by atoms with Gasteiger partial charge in [0.1, 0.15) is 5.75 Å². The Labute approximate surface area is 113 Å². The van der Waals surface area contributed by atoms with Gasteiger partial charge >= 0.3 is 0 Å².